The Bertz CT molecular complexity index is 781. The molecule has 0 aliphatic rings. The zero-order valence-electron chi connectivity index (χ0n) is 8.84. The molecule has 0 amide bonds. The van der Waals surface area contributed by atoms with Crippen molar-refractivity contribution in [3.63, 3.8) is 0 Å². The number of nitrogens with zero attached hydrogens (tertiary/aromatic N) is 4. The Balaban J connectivity index is 2.34. The maximum atomic E-state index is 11.8. The van der Waals surface area contributed by atoms with E-state index in [1.807, 2.05) is 0 Å². The lowest BCUT2D eigenvalue weighted by atomic mass is 10.3. The van der Waals surface area contributed by atoms with Gasteiger partial charge in [0, 0.05) is 18.5 Å². The summed E-state index contributed by atoms with van der Waals surface area (Å²) in [6.45, 7) is 0. The molecule has 0 atom stereocenters. The molecular formula is C10H6Cl2N5O+. The summed E-state index contributed by atoms with van der Waals surface area (Å²) in [5, 5.41) is 3.22. The average molecular weight is 283 g/mol. The molecular weight excluding hydrogens is 277 g/mol. The molecule has 0 aliphatic heterocycles. The molecule has 1 N–H and O–H groups in total. The fourth-order valence-corrected chi connectivity index (χ4v) is 1.88. The van der Waals surface area contributed by atoms with Crippen LogP contribution in [0.1, 0.15) is 0 Å². The van der Waals surface area contributed by atoms with Gasteiger partial charge < -0.3 is 0 Å². The second-order valence-corrected chi connectivity index (χ2v) is 4.38. The van der Waals surface area contributed by atoms with E-state index in [0.717, 1.165) is 0 Å². The van der Waals surface area contributed by atoms with Gasteiger partial charge in [-0.3, -0.25) is 4.57 Å². The summed E-state index contributed by atoms with van der Waals surface area (Å²) in [5.41, 5.74) is 0.759. The van der Waals surface area contributed by atoms with Gasteiger partial charge >= 0.3 is 5.52 Å². The predicted molar refractivity (Wildman–Crippen MR) is 66.6 cm³/mol. The van der Waals surface area contributed by atoms with Crippen molar-refractivity contribution in [2.24, 2.45) is 0 Å². The number of hydrogen-bond donors (Lipinski definition) is 1. The molecule has 2 aromatic heterocycles. The number of benzene rings is 1. The van der Waals surface area contributed by atoms with E-state index in [0.29, 0.717) is 31.6 Å². The summed E-state index contributed by atoms with van der Waals surface area (Å²) in [6.07, 6.45) is 4.79. The van der Waals surface area contributed by atoms with E-state index in [4.69, 9.17) is 23.2 Å². The summed E-state index contributed by atoms with van der Waals surface area (Å²) >= 11 is 11.8. The Morgan fingerprint density at radius 1 is 1.28 bits per heavy atom. The first kappa shape index (κ1) is 11.2. The minimum Gasteiger partial charge on any atom is -0.272 e. The molecule has 90 valence electrons. The molecule has 0 unspecified atom stereocenters. The quantitative estimate of drug-likeness (QED) is 0.694. The van der Waals surface area contributed by atoms with Crippen LogP contribution in [0.4, 0.5) is 0 Å². The topological polar surface area (TPSA) is 69.5 Å². The maximum absolute atomic E-state index is 11.8. The van der Waals surface area contributed by atoms with Gasteiger partial charge in [0.2, 0.25) is 0 Å². The van der Waals surface area contributed by atoms with Crippen molar-refractivity contribution in [2.75, 3.05) is 0 Å². The average Bonchev–Trinajstić information content (AvgIpc) is 2.85. The van der Waals surface area contributed by atoms with Crippen LogP contribution in [-0.4, -0.2) is 19.6 Å². The Labute approximate surface area is 110 Å². The number of H-pyrrole nitrogens is 1. The van der Waals surface area contributed by atoms with Crippen LogP contribution in [0.15, 0.2) is 30.9 Å². The zero-order valence-corrected chi connectivity index (χ0v) is 10.4. The number of nitrogens with one attached hydrogen (secondary N) is 1. The fraction of sp³-hybridized carbons (Fsp3) is 0. The fourth-order valence-electron chi connectivity index (χ4n) is 1.57. The highest BCUT2D eigenvalue weighted by Crippen LogP contribution is 2.25. The van der Waals surface area contributed by atoms with Crippen LogP contribution in [0.2, 0.25) is 10.0 Å². The first-order valence-electron chi connectivity index (χ1n) is 4.95. The van der Waals surface area contributed by atoms with Crippen molar-refractivity contribution in [2.45, 2.75) is 0 Å². The highest BCUT2D eigenvalue weighted by Gasteiger charge is 2.15. The van der Waals surface area contributed by atoms with E-state index >= 15 is 0 Å². The number of imidazole rings is 1. The molecule has 3 aromatic rings. The van der Waals surface area contributed by atoms with Crippen LogP contribution in [0.3, 0.4) is 0 Å². The Morgan fingerprint density at radius 3 is 2.78 bits per heavy atom. The van der Waals surface area contributed by atoms with Crippen molar-refractivity contribution in [1.82, 2.24) is 19.6 Å². The molecule has 6 nitrogen and oxygen atoms in total. The molecule has 0 saturated carbocycles. The van der Waals surface area contributed by atoms with E-state index < -0.39 is 0 Å². The normalized spacial score (nSPS) is 11.0. The highest BCUT2D eigenvalue weighted by atomic mass is 35.5. The van der Waals surface area contributed by atoms with Crippen molar-refractivity contribution < 1.29 is 4.54 Å². The summed E-state index contributed by atoms with van der Waals surface area (Å²) in [5.74, 6) is 0.341. The predicted octanol–water partition coefficient (Wildman–Crippen LogP) is 1.97. The van der Waals surface area contributed by atoms with Crippen molar-refractivity contribution in [3.8, 4) is 5.95 Å². The standard InChI is InChI=1S/C10H6Cl2N5O/c11-6-3-8-9(4-7(6)12)17(18)15-10(14-8)16-2-1-13-5-16/h1-5H,(H,14,15,18)/q+1. The van der Waals surface area contributed by atoms with E-state index in [1.165, 1.54) is 12.4 Å². The zero-order chi connectivity index (χ0) is 12.7. The molecule has 0 fully saturated rings. The Kier molecular flexibility index (Phi) is 2.53. The van der Waals surface area contributed by atoms with Crippen LogP contribution in [-0.2, 0) is 0 Å². The third-order valence-corrected chi connectivity index (χ3v) is 3.14. The van der Waals surface area contributed by atoms with Gasteiger partial charge in [0.25, 0.3) is 5.95 Å². The summed E-state index contributed by atoms with van der Waals surface area (Å²) < 4.78 is 2.16. The molecule has 0 saturated heterocycles. The first-order chi connectivity index (χ1) is 8.65. The van der Waals surface area contributed by atoms with Crippen molar-refractivity contribution >= 4 is 34.2 Å². The Hall–Kier alpha value is -1.92. The lowest BCUT2D eigenvalue weighted by molar-refractivity contribution is -0.536. The molecule has 0 radical (unpaired) electrons. The molecule has 2 heterocycles. The minimum absolute atomic E-state index is 0.305. The molecule has 18 heavy (non-hydrogen) atoms. The summed E-state index contributed by atoms with van der Waals surface area (Å²) in [6, 6.07) is 3.01. The third-order valence-electron chi connectivity index (χ3n) is 2.41. The smallest absolute Gasteiger partial charge is 0.272 e. The van der Waals surface area contributed by atoms with Crippen LogP contribution in [0.5, 0.6) is 0 Å². The van der Waals surface area contributed by atoms with E-state index in [9.17, 15) is 4.91 Å². The van der Waals surface area contributed by atoms with Crippen LogP contribution < -0.4 is 4.54 Å². The van der Waals surface area contributed by atoms with Gasteiger partial charge in [-0.25, -0.2) is 9.97 Å². The first-order valence-corrected chi connectivity index (χ1v) is 5.71. The van der Waals surface area contributed by atoms with Gasteiger partial charge in [-0.05, 0) is 6.07 Å². The molecule has 8 heteroatoms. The Morgan fingerprint density at radius 2 is 2.06 bits per heavy atom. The molecule has 0 bridgehead atoms. The van der Waals surface area contributed by atoms with Crippen LogP contribution in [0, 0.1) is 4.91 Å². The van der Waals surface area contributed by atoms with Gasteiger partial charge in [-0.1, -0.05) is 28.3 Å². The third kappa shape index (κ3) is 1.75. The van der Waals surface area contributed by atoms with Crippen LogP contribution >= 0.6 is 23.2 Å². The number of halogens is 2. The highest BCUT2D eigenvalue weighted by molar-refractivity contribution is 6.42. The number of hydrogen-bond acceptors (Lipinski definition) is 3. The molecule has 3 rings (SSSR count). The molecule has 0 spiro atoms. The molecule has 0 aliphatic carbocycles. The number of aromatic amines is 1. The summed E-state index contributed by atoms with van der Waals surface area (Å²) in [4.78, 5) is 20.0. The van der Waals surface area contributed by atoms with Gasteiger partial charge in [-0.2, -0.15) is 0 Å². The van der Waals surface area contributed by atoms with E-state index in [2.05, 4.69) is 15.1 Å². The second kappa shape index (κ2) is 4.08. The van der Waals surface area contributed by atoms with E-state index in [-0.39, 0.29) is 0 Å². The SMILES string of the molecule is O=[n+]1[nH]c(-n2ccnc2)nc2cc(Cl)c(Cl)cc21. The van der Waals surface area contributed by atoms with Gasteiger partial charge in [0.15, 0.2) is 4.54 Å². The second-order valence-electron chi connectivity index (χ2n) is 3.57. The largest absolute Gasteiger partial charge is 0.319 e. The maximum Gasteiger partial charge on any atom is 0.319 e. The minimum atomic E-state index is 0.305. The van der Waals surface area contributed by atoms with Gasteiger partial charge in [0.05, 0.1) is 15.0 Å². The van der Waals surface area contributed by atoms with Gasteiger partial charge in [0.1, 0.15) is 11.8 Å². The van der Waals surface area contributed by atoms with Gasteiger partial charge in [-0.15, -0.1) is 0 Å². The lowest BCUT2D eigenvalue weighted by Crippen LogP contribution is -2.24. The van der Waals surface area contributed by atoms with Crippen LogP contribution in [0.25, 0.3) is 17.0 Å². The summed E-state index contributed by atoms with van der Waals surface area (Å²) in [7, 11) is 0. The number of rotatable bonds is 1. The van der Waals surface area contributed by atoms with Crippen molar-refractivity contribution in [1.29, 1.82) is 0 Å². The number of fused-ring (bicyclic) bond motifs is 1. The lowest BCUT2D eigenvalue weighted by Gasteiger charge is -1.99. The number of aromatic nitrogens is 5. The monoisotopic (exact) mass is 282 g/mol. The molecule has 1 aromatic carbocycles. The van der Waals surface area contributed by atoms with E-state index in [1.54, 1.807) is 23.0 Å². The van der Waals surface area contributed by atoms with Crippen molar-refractivity contribution in [3.05, 3.63) is 45.8 Å².